The summed E-state index contributed by atoms with van der Waals surface area (Å²) in [6.45, 7) is 4.02. The summed E-state index contributed by atoms with van der Waals surface area (Å²) in [5.41, 5.74) is 2.24. The van der Waals surface area contributed by atoms with Gasteiger partial charge in [0.15, 0.2) is 12.7 Å². The van der Waals surface area contributed by atoms with Gasteiger partial charge in [-0.05, 0) is 31.0 Å². The molecule has 0 amide bonds. The Kier molecular flexibility index (Phi) is 2.23. The van der Waals surface area contributed by atoms with Crippen LogP contribution in [0, 0.1) is 13.8 Å². The maximum atomic E-state index is 5.53. The van der Waals surface area contributed by atoms with Gasteiger partial charge in [0.2, 0.25) is 0 Å². The first-order valence-electron chi connectivity index (χ1n) is 4.39. The Morgan fingerprint density at radius 1 is 1.29 bits per heavy atom. The van der Waals surface area contributed by atoms with Gasteiger partial charge < -0.3 is 9.15 Å². The van der Waals surface area contributed by atoms with Gasteiger partial charge >= 0.3 is 0 Å². The molecule has 0 bridgehead atoms. The van der Waals surface area contributed by atoms with E-state index in [1.807, 2.05) is 32.0 Å². The molecule has 1 heterocycles. The van der Waals surface area contributed by atoms with Gasteiger partial charge in [0.05, 0.1) is 0 Å². The van der Waals surface area contributed by atoms with Crippen molar-refractivity contribution in [2.45, 2.75) is 13.8 Å². The third-order valence-electron chi connectivity index (χ3n) is 1.97. The van der Waals surface area contributed by atoms with Crippen molar-refractivity contribution in [2.24, 2.45) is 0 Å². The predicted octanol–water partition coefficient (Wildman–Crippen LogP) is 3.08. The van der Waals surface area contributed by atoms with E-state index in [0.29, 0.717) is 5.88 Å². The highest BCUT2D eigenvalue weighted by molar-refractivity contribution is 5.37. The van der Waals surface area contributed by atoms with Crippen molar-refractivity contribution in [3.8, 4) is 11.6 Å². The van der Waals surface area contributed by atoms with Gasteiger partial charge in [0, 0.05) is 0 Å². The van der Waals surface area contributed by atoms with Gasteiger partial charge in [-0.1, -0.05) is 12.1 Å². The molecule has 72 valence electrons. The fourth-order valence-corrected chi connectivity index (χ4v) is 1.18. The van der Waals surface area contributed by atoms with Gasteiger partial charge in [-0.25, -0.2) is 0 Å². The summed E-state index contributed by atoms with van der Waals surface area (Å²) in [6, 6.07) is 6.04. The van der Waals surface area contributed by atoms with E-state index in [9.17, 15) is 0 Å². The molecule has 1 aromatic carbocycles. The van der Waals surface area contributed by atoms with E-state index in [1.54, 1.807) is 0 Å². The lowest BCUT2D eigenvalue weighted by Gasteiger charge is -2.05. The second-order valence-electron chi connectivity index (χ2n) is 3.20. The molecular weight excluding hydrogens is 178 g/mol. The fraction of sp³-hybridized carbons (Fsp3) is 0.182. The zero-order valence-corrected chi connectivity index (χ0v) is 8.15. The molecule has 0 unspecified atom stereocenters. The van der Waals surface area contributed by atoms with E-state index in [0.717, 1.165) is 16.9 Å². The van der Waals surface area contributed by atoms with Crippen LogP contribution in [-0.4, -0.2) is 4.98 Å². The van der Waals surface area contributed by atoms with Crippen molar-refractivity contribution < 1.29 is 9.15 Å². The van der Waals surface area contributed by atoms with Crippen LogP contribution in [0.25, 0.3) is 0 Å². The first-order valence-corrected chi connectivity index (χ1v) is 4.39. The van der Waals surface area contributed by atoms with Gasteiger partial charge in [0.1, 0.15) is 5.75 Å². The SMILES string of the molecule is Cc1ccc(C)c(Oc2cocn2)c1. The van der Waals surface area contributed by atoms with Crippen molar-refractivity contribution in [1.29, 1.82) is 0 Å². The lowest BCUT2D eigenvalue weighted by molar-refractivity contribution is 0.454. The molecule has 3 nitrogen and oxygen atoms in total. The van der Waals surface area contributed by atoms with Crippen LogP contribution in [-0.2, 0) is 0 Å². The average Bonchev–Trinajstić information content (AvgIpc) is 2.64. The first-order chi connectivity index (χ1) is 6.75. The third-order valence-corrected chi connectivity index (χ3v) is 1.97. The van der Waals surface area contributed by atoms with E-state index < -0.39 is 0 Å². The number of ether oxygens (including phenoxy) is 1. The van der Waals surface area contributed by atoms with E-state index in [1.165, 1.54) is 12.7 Å². The van der Waals surface area contributed by atoms with Crippen LogP contribution in [0.2, 0.25) is 0 Å². The Balaban J connectivity index is 2.28. The standard InChI is InChI=1S/C11H11NO2/c1-8-3-4-9(2)10(5-8)14-11-6-13-7-12-11/h3-7H,1-2H3. The normalized spacial score (nSPS) is 10.1. The molecule has 0 aliphatic heterocycles. The first kappa shape index (κ1) is 8.81. The van der Waals surface area contributed by atoms with Gasteiger partial charge in [-0.15, -0.1) is 0 Å². The number of rotatable bonds is 2. The Morgan fingerprint density at radius 2 is 2.14 bits per heavy atom. The van der Waals surface area contributed by atoms with Crippen LogP contribution in [0.3, 0.4) is 0 Å². The minimum Gasteiger partial charge on any atom is -0.448 e. The molecule has 2 aromatic rings. The molecule has 0 aliphatic carbocycles. The Labute approximate surface area is 82.3 Å². The van der Waals surface area contributed by atoms with Crippen LogP contribution in [0.5, 0.6) is 11.6 Å². The third kappa shape index (κ3) is 1.76. The molecule has 2 rings (SSSR count). The van der Waals surface area contributed by atoms with Gasteiger partial charge in [0.25, 0.3) is 5.88 Å². The van der Waals surface area contributed by atoms with Crippen molar-refractivity contribution in [3.63, 3.8) is 0 Å². The lowest BCUT2D eigenvalue weighted by Crippen LogP contribution is -1.88. The van der Waals surface area contributed by atoms with E-state index in [2.05, 4.69) is 4.98 Å². The second-order valence-corrected chi connectivity index (χ2v) is 3.20. The zero-order chi connectivity index (χ0) is 9.97. The average molecular weight is 189 g/mol. The quantitative estimate of drug-likeness (QED) is 0.728. The maximum Gasteiger partial charge on any atom is 0.258 e. The molecule has 0 atom stereocenters. The number of nitrogens with zero attached hydrogens (tertiary/aromatic N) is 1. The van der Waals surface area contributed by atoms with E-state index in [-0.39, 0.29) is 0 Å². The van der Waals surface area contributed by atoms with Crippen molar-refractivity contribution in [3.05, 3.63) is 42.0 Å². The summed E-state index contributed by atoms with van der Waals surface area (Å²) in [5.74, 6) is 1.30. The smallest absolute Gasteiger partial charge is 0.258 e. The number of oxazole rings is 1. The highest BCUT2D eigenvalue weighted by Crippen LogP contribution is 2.24. The van der Waals surface area contributed by atoms with Crippen molar-refractivity contribution in [2.75, 3.05) is 0 Å². The van der Waals surface area contributed by atoms with Crippen LogP contribution in [0.4, 0.5) is 0 Å². The molecular formula is C11H11NO2. The molecule has 0 N–H and O–H groups in total. The summed E-state index contributed by atoms with van der Waals surface area (Å²) in [6.07, 6.45) is 2.82. The number of hydrogen-bond acceptors (Lipinski definition) is 3. The Hall–Kier alpha value is -1.77. The van der Waals surface area contributed by atoms with E-state index in [4.69, 9.17) is 9.15 Å². The van der Waals surface area contributed by atoms with Gasteiger partial charge in [-0.2, -0.15) is 4.98 Å². The molecule has 0 radical (unpaired) electrons. The summed E-state index contributed by atoms with van der Waals surface area (Å²) in [7, 11) is 0. The second kappa shape index (κ2) is 3.54. The van der Waals surface area contributed by atoms with Crippen LogP contribution < -0.4 is 4.74 Å². The molecule has 0 aliphatic rings. The summed E-state index contributed by atoms with van der Waals surface area (Å²) >= 11 is 0. The minimum absolute atomic E-state index is 0.485. The zero-order valence-electron chi connectivity index (χ0n) is 8.15. The van der Waals surface area contributed by atoms with E-state index >= 15 is 0 Å². The highest BCUT2D eigenvalue weighted by Gasteiger charge is 2.03. The van der Waals surface area contributed by atoms with Crippen molar-refractivity contribution in [1.82, 2.24) is 4.98 Å². The fourth-order valence-electron chi connectivity index (χ4n) is 1.18. The molecule has 0 saturated carbocycles. The molecule has 0 saturated heterocycles. The topological polar surface area (TPSA) is 35.3 Å². The summed E-state index contributed by atoms with van der Waals surface area (Å²) < 4.78 is 10.3. The summed E-state index contributed by atoms with van der Waals surface area (Å²) in [4.78, 5) is 3.89. The summed E-state index contributed by atoms with van der Waals surface area (Å²) in [5, 5.41) is 0. The monoisotopic (exact) mass is 189 g/mol. The number of benzene rings is 1. The highest BCUT2D eigenvalue weighted by atomic mass is 16.5. The largest absolute Gasteiger partial charge is 0.448 e. The molecule has 3 heteroatoms. The van der Waals surface area contributed by atoms with Crippen LogP contribution in [0.15, 0.2) is 35.3 Å². The maximum absolute atomic E-state index is 5.53. The predicted molar refractivity (Wildman–Crippen MR) is 52.5 cm³/mol. The minimum atomic E-state index is 0.485. The molecule has 1 aromatic heterocycles. The van der Waals surface area contributed by atoms with Gasteiger partial charge in [-0.3, -0.25) is 0 Å². The van der Waals surface area contributed by atoms with Crippen LogP contribution in [0.1, 0.15) is 11.1 Å². The number of hydrogen-bond donors (Lipinski definition) is 0. The molecule has 0 spiro atoms. The van der Waals surface area contributed by atoms with Crippen molar-refractivity contribution >= 4 is 0 Å². The molecule has 0 fully saturated rings. The van der Waals surface area contributed by atoms with Crippen LogP contribution >= 0.6 is 0 Å². The molecule has 14 heavy (non-hydrogen) atoms. The lowest BCUT2D eigenvalue weighted by atomic mass is 10.1. The number of aromatic nitrogens is 1. The Bertz CT molecular complexity index is 421. The number of aryl methyl sites for hydroxylation is 2. The Morgan fingerprint density at radius 3 is 2.86 bits per heavy atom.